The van der Waals surface area contributed by atoms with Gasteiger partial charge in [0.05, 0.1) is 5.75 Å². The molecule has 0 radical (unpaired) electrons. The van der Waals surface area contributed by atoms with E-state index >= 15 is 0 Å². The quantitative estimate of drug-likeness (QED) is 0.689. The second kappa shape index (κ2) is 5.92. The SMILES string of the molecule is O=C(O)CCCNS(=O)(=O)CC1CCCC1(F)F. The van der Waals surface area contributed by atoms with Crippen molar-refractivity contribution in [2.24, 2.45) is 5.92 Å². The Kier molecular flexibility index (Phi) is 5.03. The van der Waals surface area contributed by atoms with Crippen LogP contribution in [0.25, 0.3) is 0 Å². The third-order valence-corrected chi connectivity index (χ3v) is 4.46. The van der Waals surface area contributed by atoms with Crippen LogP contribution in [0, 0.1) is 5.92 Å². The van der Waals surface area contributed by atoms with Crippen LogP contribution in [-0.2, 0) is 14.8 Å². The average Bonchev–Trinajstić information content (AvgIpc) is 2.52. The molecule has 0 aromatic heterocycles. The van der Waals surface area contributed by atoms with E-state index in [0.717, 1.165) is 0 Å². The van der Waals surface area contributed by atoms with E-state index in [0.29, 0.717) is 6.42 Å². The Morgan fingerprint density at radius 3 is 2.61 bits per heavy atom. The number of rotatable bonds is 7. The molecule has 1 saturated carbocycles. The maximum atomic E-state index is 13.3. The Morgan fingerprint density at radius 1 is 1.44 bits per heavy atom. The molecule has 1 rings (SSSR count). The summed E-state index contributed by atoms with van der Waals surface area (Å²) in [6.45, 7) is -0.0348. The first kappa shape index (κ1) is 15.3. The van der Waals surface area contributed by atoms with Crippen LogP contribution >= 0.6 is 0 Å². The summed E-state index contributed by atoms with van der Waals surface area (Å²) in [7, 11) is -3.76. The van der Waals surface area contributed by atoms with Crippen LogP contribution in [0.3, 0.4) is 0 Å². The molecule has 5 nitrogen and oxygen atoms in total. The Morgan fingerprint density at radius 2 is 2.11 bits per heavy atom. The van der Waals surface area contributed by atoms with Crippen LogP contribution in [0.4, 0.5) is 8.78 Å². The van der Waals surface area contributed by atoms with Crippen LogP contribution in [0.15, 0.2) is 0 Å². The molecule has 1 aliphatic rings. The van der Waals surface area contributed by atoms with Gasteiger partial charge in [-0.3, -0.25) is 4.79 Å². The van der Waals surface area contributed by atoms with Gasteiger partial charge >= 0.3 is 5.97 Å². The van der Waals surface area contributed by atoms with E-state index < -0.39 is 33.6 Å². The molecule has 0 aromatic carbocycles. The van der Waals surface area contributed by atoms with Crippen molar-refractivity contribution in [1.82, 2.24) is 4.72 Å². The maximum Gasteiger partial charge on any atom is 0.303 e. The second-order valence-corrected chi connectivity index (χ2v) is 6.37. The fourth-order valence-electron chi connectivity index (χ4n) is 2.00. The molecule has 18 heavy (non-hydrogen) atoms. The highest BCUT2D eigenvalue weighted by molar-refractivity contribution is 7.89. The molecule has 1 fully saturated rings. The Balaban J connectivity index is 2.38. The Hall–Kier alpha value is -0.760. The number of carbonyl (C=O) groups is 1. The zero-order chi connectivity index (χ0) is 13.8. The minimum absolute atomic E-state index is 0.0348. The van der Waals surface area contributed by atoms with Gasteiger partial charge in [0.2, 0.25) is 10.0 Å². The van der Waals surface area contributed by atoms with E-state index in [1.807, 2.05) is 0 Å². The van der Waals surface area contributed by atoms with E-state index in [1.54, 1.807) is 0 Å². The van der Waals surface area contributed by atoms with E-state index in [1.165, 1.54) is 0 Å². The number of alkyl halides is 2. The van der Waals surface area contributed by atoms with Gasteiger partial charge in [-0.25, -0.2) is 21.9 Å². The van der Waals surface area contributed by atoms with E-state index in [-0.39, 0.29) is 32.2 Å². The molecule has 0 aliphatic heterocycles. The number of carboxylic acid groups (broad SMARTS) is 1. The molecular weight excluding hydrogens is 268 g/mol. The molecule has 1 unspecified atom stereocenters. The van der Waals surface area contributed by atoms with Gasteiger partial charge in [0.15, 0.2) is 0 Å². The largest absolute Gasteiger partial charge is 0.481 e. The van der Waals surface area contributed by atoms with Gasteiger partial charge in [0, 0.05) is 25.3 Å². The minimum Gasteiger partial charge on any atom is -0.481 e. The molecule has 1 aliphatic carbocycles. The summed E-state index contributed by atoms with van der Waals surface area (Å²) >= 11 is 0. The summed E-state index contributed by atoms with van der Waals surface area (Å²) in [5, 5.41) is 8.36. The van der Waals surface area contributed by atoms with Crippen molar-refractivity contribution in [3.05, 3.63) is 0 Å². The number of carboxylic acids is 1. The van der Waals surface area contributed by atoms with Crippen molar-refractivity contribution < 1.29 is 27.1 Å². The number of halogens is 2. The van der Waals surface area contributed by atoms with Crippen LogP contribution in [-0.4, -0.2) is 37.7 Å². The van der Waals surface area contributed by atoms with Gasteiger partial charge in [0.25, 0.3) is 5.92 Å². The Labute approximate surface area is 105 Å². The van der Waals surface area contributed by atoms with Crippen LogP contribution in [0.5, 0.6) is 0 Å². The molecule has 0 heterocycles. The van der Waals surface area contributed by atoms with Gasteiger partial charge in [-0.05, 0) is 19.3 Å². The van der Waals surface area contributed by atoms with Crippen LogP contribution in [0.2, 0.25) is 0 Å². The number of aliphatic carboxylic acids is 1. The first-order valence-electron chi connectivity index (χ1n) is 5.80. The normalized spacial score (nSPS) is 23.1. The molecule has 0 spiro atoms. The maximum absolute atomic E-state index is 13.3. The molecule has 0 aromatic rings. The molecule has 8 heteroatoms. The highest BCUT2D eigenvalue weighted by Crippen LogP contribution is 2.40. The van der Waals surface area contributed by atoms with Crippen LogP contribution in [0.1, 0.15) is 32.1 Å². The summed E-state index contributed by atoms with van der Waals surface area (Å²) in [5.41, 5.74) is 0. The fraction of sp³-hybridized carbons (Fsp3) is 0.900. The summed E-state index contributed by atoms with van der Waals surface area (Å²) in [5.74, 6) is -5.64. The van der Waals surface area contributed by atoms with Crippen molar-refractivity contribution in [3.63, 3.8) is 0 Å². The first-order chi connectivity index (χ1) is 8.23. The van der Waals surface area contributed by atoms with Crippen molar-refractivity contribution in [2.75, 3.05) is 12.3 Å². The zero-order valence-corrected chi connectivity index (χ0v) is 10.7. The predicted molar refractivity (Wildman–Crippen MR) is 60.9 cm³/mol. The fourth-order valence-corrected chi connectivity index (χ4v) is 3.51. The Bertz CT molecular complexity index is 397. The lowest BCUT2D eigenvalue weighted by Gasteiger charge is -2.18. The summed E-state index contributed by atoms with van der Waals surface area (Å²) < 4.78 is 51.7. The van der Waals surface area contributed by atoms with Crippen LogP contribution < -0.4 is 4.72 Å². The molecule has 0 saturated heterocycles. The van der Waals surface area contributed by atoms with Gasteiger partial charge in [-0.1, -0.05) is 0 Å². The predicted octanol–water partition coefficient (Wildman–Crippen LogP) is 1.21. The van der Waals surface area contributed by atoms with Gasteiger partial charge < -0.3 is 5.11 Å². The number of hydrogen-bond donors (Lipinski definition) is 2. The van der Waals surface area contributed by atoms with Crippen molar-refractivity contribution in [2.45, 2.75) is 38.0 Å². The smallest absolute Gasteiger partial charge is 0.303 e. The van der Waals surface area contributed by atoms with E-state index in [2.05, 4.69) is 4.72 Å². The second-order valence-electron chi connectivity index (χ2n) is 4.52. The first-order valence-corrected chi connectivity index (χ1v) is 7.45. The standard InChI is InChI=1S/C10H17F2NO4S/c11-10(12)5-1-3-8(10)7-18(16,17)13-6-2-4-9(14)15/h8,13H,1-7H2,(H,14,15). The average molecular weight is 285 g/mol. The molecule has 1 atom stereocenters. The molecule has 0 bridgehead atoms. The third kappa shape index (κ3) is 4.85. The van der Waals surface area contributed by atoms with Gasteiger partial charge in [-0.15, -0.1) is 0 Å². The van der Waals surface area contributed by atoms with E-state index in [4.69, 9.17) is 5.11 Å². The topological polar surface area (TPSA) is 83.5 Å². The summed E-state index contributed by atoms with van der Waals surface area (Å²) in [6, 6.07) is 0. The number of sulfonamides is 1. The molecule has 106 valence electrons. The molecule has 2 N–H and O–H groups in total. The number of hydrogen-bond acceptors (Lipinski definition) is 3. The van der Waals surface area contributed by atoms with Crippen molar-refractivity contribution >= 4 is 16.0 Å². The molecule has 0 amide bonds. The summed E-state index contributed by atoms with van der Waals surface area (Å²) in [6.07, 6.45) is 0.291. The van der Waals surface area contributed by atoms with Crippen molar-refractivity contribution in [1.29, 1.82) is 0 Å². The lowest BCUT2D eigenvalue weighted by molar-refractivity contribution is -0.137. The third-order valence-electron chi connectivity index (χ3n) is 2.97. The highest BCUT2D eigenvalue weighted by atomic mass is 32.2. The zero-order valence-electron chi connectivity index (χ0n) is 9.86. The lowest BCUT2D eigenvalue weighted by atomic mass is 10.1. The number of nitrogens with one attached hydrogen (secondary N) is 1. The van der Waals surface area contributed by atoms with E-state index in [9.17, 15) is 22.0 Å². The monoisotopic (exact) mass is 285 g/mol. The van der Waals surface area contributed by atoms with Gasteiger partial charge in [-0.2, -0.15) is 0 Å². The minimum atomic E-state index is -3.76. The highest BCUT2D eigenvalue weighted by Gasteiger charge is 2.45. The lowest BCUT2D eigenvalue weighted by Crippen LogP contribution is -2.35. The van der Waals surface area contributed by atoms with Gasteiger partial charge in [0.1, 0.15) is 0 Å². The van der Waals surface area contributed by atoms with Crippen molar-refractivity contribution in [3.8, 4) is 0 Å². The summed E-state index contributed by atoms with van der Waals surface area (Å²) in [4.78, 5) is 10.2. The molecular formula is C10H17F2NO4S.